The van der Waals surface area contributed by atoms with Crippen molar-refractivity contribution in [3.05, 3.63) is 59.3 Å². The summed E-state index contributed by atoms with van der Waals surface area (Å²) in [5.74, 6) is 0.125. The standard InChI is InChI=1S/C21H21NO5/c1-4-13-6-5-7-15-16(11-22-20(13)15)17(23)12-27-18-9-8-14(21(24)26-3)10-19(18)25-2/h5-11,22H,4,12H2,1-3H3. The summed E-state index contributed by atoms with van der Waals surface area (Å²) in [5.41, 5.74) is 3.07. The van der Waals surface area contributed by atoms with Gasteiger partial charge in [0.2, 0.25) is 5.78 Å². The highest BCUT2D eigenvalue weighted by Crippen LogP contribution is 2.29. The Morgan fingerprint density at radius 2 is 1.89 bits per heavy atom. The molecule has 3 rings (SSSR count). The number of carbonyl (C=O) groups excluding carboxylic acids is 2. The SMILES string of the molecule is CCc1cccc2c(C(=O)COc3ccc(C(=O)OC)cc3OC)c[nH]c12. The third-order valence-electron chi connectivity index (χ3n) is 4.43. The molecule has 0 atom stereocenters. The van der Waals surface area contributed by atoms with Gasteiger partial charge in [-0.25, -0.2) is 4.79 Å². The molecule has 1 heterocycles. The zero-order chi connectivity index (χ0) is 19.4. The van der Waals surface area contributed by atoms with Gasteiger partial charge in [0.25, 0.3) is 0 Å². The van der Waals surface area contributed by atoms with E-state index in [1.807, 2.05) is 18.2 Å². The van der Waals surface area contributed by atoms with E-state index in [-0.39, 0.29) is 12.4 Å². The molecule has 0 spiro atoms. The summed E-state index contributed by atoms with van der Waals surface area (Å²) < 4.78 is 15.6. The van der Waals surface area contributed by atoms with Gasteiger partial charge in [-0.2, -0.15) is 0 Å². The van der Waals surface area contributed by atoms with E-state index in [9.17, 15) is 9.59 Å². The van der Waals surface area contributed by atoms with Crippen molar-refractivity contribution in [3.8, 4) is 11.5 Å². The van der Waals surface area contributed by atoms with Gasteiger partial charge in [0, 0.05) is 22.7 Å². The topological polar surface area (TPSA) is 77.6 Å². The molecule has 0 bridgehead atoms. The van der Waals surface area contributed by atoms with Gasteiger partial charge >= 0.3 is 5.97 Å². The van der Waals surface area contributed by atoms with Crippen LogP contribution in [0.25, 0.3) is 10.9 Å². The number of benzene rings is 2. The van der Waals surface area contributed by atoms with Crippen LogP contribution in [-0.4, -0.2) is 37.6 Å². The van der Waals surface area contributed by atoms with Gasteiger partial charge in [0.1, 0.15) is 0 Å². The lowest BCUT2D eigenvalue weighted by Crippen LogP contribution is -2.12. The molecule has 6 heteroatoms. The number of Topliss-reactive ketones (excluding diaryl/α,β-unsaturated/α-hetero) is 1. The Bertz CT molecular complexity index is 989. The lowest BCUT2D eigenvalue weighted by Gasteiger charge is -2.11. The van der Waals surface area contributed by atoms with Crippen molar-refractivity contribution in [2.75, 3.05) is 20.8 Å². The molecular formula is C21H21NO5. The summed E-state index contributed by atoms with van der Waals surface area (Å²) in [5, 5.41) is 0.885. The number of nitrogens with one attached hydrogen (secondary N) is 1. The first-order valence-electron chi connectivity index (χ1n) is 8.60. The maximum absolute atomic E-state index is 12.7. The number of H-pyrrole nitrogens is 1. The molecule has 0 radical (unpaired) electrons. The van der Waals surface area contributed by atoms with Gasteiger partial charge in [-0.15, -0.1) is 0 Å². The predicted octanol–water partition coefficient (Wildman–Crippen LogP) is 3.79. The largest absolute Gasteiger partial charge is 0.493 e. The Hall–Kier alpha value is -3.28. The first kappa shape index (κ1) is 18.5. The van der Waals surface area contributed by atoms with E-state index in [1.54, 1.807) is 18.3 Å². The number of fused-ring (bicyclic) bond motifs is 1. The van der Waals surface area contributed by atoms with Gasteiger partial charge in [-0.3, -0.25) is 4.79 Å². The Morgan fingerprint density at radius 3 is 2.59 bits per heavy atom. The van der Waals surface area contributed by atoms with Gasteiger partial charge in [0.15, 0.2) is 18.1 Å². The predicted molar refractivity (Wildman–Crippen MR) is 102 cm³/mol. The van der Waals surface area contributed by atoms with Crippen molar-refractivity contribution >= 4 is 22.7 Å². The monoisotopic (exact) mass is 367 g/mol. The first-order chi connectivity index (χ1) is 13.1. The van der Waals surface area contributed by atoms with Gasteiger partial charge in [-0.05, 0) is 30.2 Å². The number of ketones is 1. The molecule has 0 fully saturated rings. The van der Waals surface area contributed by atoms with Crippen LogP contribution in [0.5, 0.6) is 11.5 Å². The molecule has 1 N–H and O–H groups in total. The third-order valence-corrected chi connectivity index (χ3v) is 4.43. The summed E-state index contributed by atoms with van der Waals surface area (Å²) in [6.07, 6.45) is 2.60. The molecule has 2 aromatic carbocycles. The van der Waals surface area contributed by atoms with Crippen molar-refractivity contribution in [2.24, 2.45) is 0 Å². The molecule has 0 aliphatic heterocycles. The molecular weight excluding hydrogens is 346 g/mol. The number of aromatic nitrogens is 1. The second-order valence-electron chi connectivity index (χ2n) is 5.96. The lowest BCUT2D eigenvalue weighted by atomic mass is 10.1. The maximum Gasteiger partial charge on any atom is 0.337 e. The summed E-state index contributed by atoms with van der Waals surface area (Å²) >= 11 is 0. The highest BCUT2D eigenvalue weighted by molar-refractivity contribution is 6.09. The quantitative estimate of drug-likeness (QED) is 0.508. The Morgan fingerprint density at radius 1 is 1.07 bits per heavy atom. The Balaban J connectivity index is 1.79. The number of para-hydroxylation sites is 1. The van der Waals surface area contributed by atoms with Crippen molar-refractivity contribution < 1.29 is 23.8 Å². The van der Waals surface area contributed by atoms with Crippen LogP contribution in [0.4, 0.5) is 0 Å². The molecule has 1 aromatic heterocycles. The molecule has 0 amide bonds. The number of esters is 1. The fourth-order valence-electron chi connectivity index (χ4n) is 3.00. The number of hydrogen-bond donors (Lipinski definition) is 1. The fourth-order valence-corrected chi connectivity index (χ4v) is 3.00. The summed E-state index contributed by atoms with van der Waals surface area (Å²) in [6.45, 7) is 1.93. The lowest BCUT2D eigenvalue weighted by molar-refractivity contribution is 0.0600. The third kappa shape index (κ3) is 3.65. The van der Waals surface area contributed by atoms with E-state index in [4.69, 9.17) is 9.47 Å². The number of methoxy groups -OCH3 is 2. The van der Waals surface area contributed by atoms with Crippen LogP contribution in [0.1, 0.15) is 33.2 Å². The van der Waals surface area contributed by atoms with E-state index in [0.717, 1.165) is 22.9 Å². The number of carbonyl (C=O) groups is 2. The molecule has 140 valence electrons. The summed E-state index contributed by atoms with van der Waals surface area (Å²) in [6, 6.07) is 10.6. The number of ether oxygens (including phenoxy) is 3. The minimum atomic E-state index is -0.471. The van der Waals surface area contributed by atoms with Crippen molar-refractivity contribution in [2.45, 2.75) is 13.3 Å². The Kier molecular flexibility index (Phi) is 5.45. The normalized spacial score (nSPS) is 10.6. The molecule has 0 saturated carbocycles. The minimum Gasteiger partial charge on any atom is -0.493 e. The number of rotatable bonds is 7. The highest BCUT2D eigenvalue weighted by Gasteiger charge is 2.16. The minimum absolute atomic E-state index is 0.142. The van der Waals surface area contributed by atoms with Crippen LogP contribution in [0.2, 0.25) is 0 Å². The van der Waals surface area contributed by atoms with E-state index in [2.05, 4.69) is 16.6 Å². The summed E-state index contributed by atoms with van der Waals surface area (Å²) in [4.78, 5) is 27.5. The highest BCUT2D eigenvalue weighted by atomic mass is 16.5. The Labute approximate surface area is 157 Å². The van der Waals surface area contributed by atoms with Crippen LogP contribution in [0.3, 0.4) is 0 Å². The molecule has 0 saturated heterocycles. The van der Waals surface area contributed by atoms with E-state index in [1.165, 1.54) is 20.3 Å². The van der Waals surface area contributed by atoms with Gasteiger partial charge in [-0.1, -0.05) is 25.1 Å². The van der Waals surface area contributed by atoms with Crippen LogP contribution in [-0.2, 0) is 11.2 Å². The van der Waals surface area contributed by atoms with E-state index >= 15 is 0 Å². The molecule has 0 aliphatic carbocycles. The first-order valence-corrected chi connectivity index (χ1v) is 8.60. The second-order valence-corrected chi connectivity index (χ2v) is 5.96. The number of hydrogen-bond acceptors (Lipinski definition) is 5. The molecule has 27 heavy (non-hydrogen) atoms. The van der Waals surface area contributed by atoms with Crippen LogP contribution in [0.15, 0.2) is 42.6 Å². The number of aryl methyl sites for hydroxylation is 1. The maximum atomic E-state index is 12.7. The van der Waals surface area contributed by atoms with Gasteiger partial charge < -0.3 is 19.2 Å². The molecule has 6 nitrogen and oxygen atoms in total. The average Bonchev–Trinajstić information content (AvgIpc) is 3.15. The van der Waals surface area contributed by atoms with Crippen LogP contribution < -0.4 is 9.47 Å². The van der Waals surface area contributed by atoms with Crippen LogP contribution in [0, 0.1) is 0 Å². The zero-order valence-corrected chi connectivity index (χ0v) is 15.5. The average molecular weight is 367 g/mol. The van der Waals surface area contributed by atoms with Crippen molar-refractivity contribution in [3.63, 3.8) is 0 Å². The summed E-state index contributed by atoms with van der Waals surface area (Å²) in [7, 11) is 2.78. The fraction of sp³-hybridized carbons (Fsp3) is 0.238. The number of aromatic amines is 1. The van der Waals surface area contributed by atoms with Crippen molar-refractivity contribution in [1.82, 2.24) is 4.98 Å². The molecule has 0 unspecified atom stereocenters. The zero-order valence-electron chi connectivity index (χ0n) is 15.5. The van der Waals surface area contributed by atoms with E-state index in [0.29, 0.717) is 22.6 Å². The second kappa shape index (κ2) is 7.95. The van der Waals surface area contributed by atoms with Crippen LogP contribution >= 0.6 is 0 Å². The molecule has 0 aliphatic rings. The van der Waals surface area contributed by atoms with Gasteiger partial charge in [0.05, 0.1) is 19.8 Å². The smallest absolute Gasteiger partial charge is 0.337 e. The molecule has 3 aromatic rings. The van der Waals surface area contributed by atoms with E-state index < -0.39 is 5.97 Å². The van der Waals surface area contributed by atoms with Crippen molar-refractivity contribution in [1.29, 1.82) is 0 Å².